The van der Waals surface area contributed by atoms with Gasteiger partial charge in [0.2, 0.25) is 5.95 Å². The average Bonchev–Trinajstić information content (AvgIpc) is 2.43. The van der Waals surface area contributed by atoms with Crippen molar-refractivity contribution >= 4 is 11.9 Å². The van der Waals surface area contributed by atoms with Crippen LogP contribution in [0.15, 0.2) is 30.6 Å². The van der Waals surface area contributed by atoms with Crippen LogP contribution in [-0.2, 0) is 6.54 Å². The van der Waals surface area contributed by atoms with E-state index in [1.807, 2.05) is 39.8 Å². The van der Waals surface area contributed by atoms with E-state index in [1.165, 1.54) is 0 Å². The van der Waals surface area contributed by atoms with Gasteiger partial charge in [0.25, 0.3) is 5.91 Å². The SMILES string of the molecule is Cc1cc(C(=O)NCc2cccnc2)nc(NC(C)(C)C)n1. The summed E-state index contributed by atoms with van der Waals surface area (Å²) in [6.45, 7) is 8.30. The summed E-state index contributed by atoms with van der Waals surface area (Å²) in [5, 5.41) is 6.01. The molecule has 6 nitrogen and oxygen atoms in total. The van der Waals surface area contributed by atoms with E-state index in [9.17, 15) is 4.79 Å². The van der Waals surface area contributed by atoms with E-state index in [4.69, 9.17) is 0 Å². The summed E-state index contributed by atoms with van der Waals surface area (Å²) in [4.78, 5) is 24.8. The lowest BCUT2D eigenvalue weighted by Crippen LogP contribution is -2.29. The molecule has 2 rings (SSSR count). The maximum Gasteiger partial charge on any atom is 0.270 e. The van der Waals surface area contributed by atoms with Gasteiger partial charge in [-0.25, -0.2) is 9.97 Å². The quantitative estimate of drug-likeness (QED) is 0.905. The molecule has 0 aliphatic rings. The molecule has 0 bridgehead atoms. The standard InChI is InChI=1S/C16H21N5O/c1-11-8-13(20-15(19-11)21-16(2,3)4)14(22)18-10-12-6-5-7-17-9-12/h5-9H,10H2,1-4H3,(H,18,22)(H,19,20,21). The van der Waals surface area contributed by atoms with Crippen molar-refractivity contribution in [1.82, 2.24) is 20.3 Å². The Labute approximate surface area is 130 Å². The molecule has 0 unspecified atom stereocenters. The number of carbonyl (C=O) groups excluding carboxylic acids is 1. The first kappa shape index (κ1) is 15.9. The molecule has 116 valence electrons. The van der Waals surface area contributed by atoms with Gasteiger partial charge in [0, 0.05) is 30.2 Å². The Morgan fingerprint density at radius 1 is 1.27 bits per heavy atom. The Morgan fingerprint density at radius 2 is 2.05 bits per heavy atom. The van der Waals surface area contributed by atoms with Gasteiger partial charge in [-0.3, -0.25) is 9.78 Å². The predicted molar refractivity (Wildman–Crippen MR) is 85.6 cm³/mol. The maximum atomic E-state index is 12.2. The second-order valence-electron chi connectivity index (χ2n) is 6.14. The Hall–Kier alpha value is -2.50. The summed E-state index contributed by atoms with van der Waals surface area (Å²) < 4.78 is 0. The minimum absolute atomic E-state index is 0.169. The second-order valence-corrected chi connectivity index (χ2v) is 6.14. The number of nitrogens with zero attached hydrogens (tertiary/aromatic N) is 3. The number of aromatic nitrogens is 3. The number of hydrogen-bond acceptors (Lipinski definition) is 5. The van der Waals surface area contributed by atoms with E-state index in [-0.39, 0.29) is 11.4 Å². The Bertz CT molecular complexity index is 649. The van der Waals surface area contributed by atoms with E-state index in [2.05, 4.69) is 25.6 Å². The molecular formula is C16H21N5O. The third-order valence-corrected chi connectivity index (χ3v) is 2.75. The lowest BCUT2D eigenvalue weighted by molar-refractivity contribution is 0.0945. The smallest absolute Gasteiger partial charge is 0.270 e. The fraction of sp³-hybridized carbons (Fsp3) is 0.375. The molecule has 2 heterocycles. The first-order valence-electron chi connectivity index (χ1n) is 7.14. The lowest BCUT2D eigenvalue weighted by atomic mass is 10.1. The highest BCUT2D eigenvalue weighted by atomic mass is 16.1. The van der Waals surface area contributed by atoms with Crippen molar-refractivity contribution in [2.24, 2.45) is 0 Å². The first-order valence-corrected chi connectivity index (χ1v) is 7.14. The van der Waals surface area contributed by atoms with Crippen LogP contribution in [0, 0.1) is 6.92 Å². The molecule has 0 fully saturated rings. The molecule has 1 amide bonds. The molecule has 0 aromatic carbocycles. The molecule has 0 aliphatic carbocycles. The van der Waals surface area contributed by atoms with Crippen LogP contribution in [0.5, 0.6) is 0 Å². The summed E-state index contributed by atoms with van der Waals surface area (Å²) in [5.41, 5.74) is 1.86. The van der Waals surface area contributed by atoms with Crippen LogP contribution in [-0.4, -0.2) is 26.4 Å². The van der Waals surface area contributed by atoms with Crippen molar-refractivity contribution in [2.75, 3.05) is 5.32 Å². The topological polar surface area (TPSA) is 79.8 Å². The number of nitrogens with one attached hydrogen (secondary N) is 2. The highest BCUT2D eigenvalue weighted by Crippen LogP contribution is 2.11. The number of pyridine rings is 1. The fourth-order valence-electron chi connectivity index (χ4n) is 1.85. The van der Waals surface area contributed by atoms with Crippen molar-refractivity contribution in [3.8, 4) is 0 Å². The molecule has 0 aliphatic heterocycles. The molecule has 2 aromatic heterocycles. The Kier molecular flexibility index (Phi) is 4.70. The number of aryl methyl sites for hydroxylation is 1. The normalized spacial score (nSPS) is 11.1. The summed E-state index contributed by atoms with van der Waals surface area (Å²) in [7, 11) is 0. The van der Waals surface area contributed by atoms with Gasteiger partial charge in [-0.15, -0.1) is 0 Å². The van der Waals surface area contributed by atoms with E-state index in [1.54, 1.807) is 18.5 Å². The van der Waals surface area contributed by atoms with Crippen LogP contribution in [0.1, 0.15) is 42.5 Å². The summed E-state index contributed by atoms with van der Waals surface area (Å²) >= 11 is 0. The predicted octanol–water partition coefficient (Wildman–Crippen LogP) is 2.32. The first-order chi connectivity index (χ1) is 10.3. The molecular weight excluding hydrogens is 278 g/mol. The van der Waals surface area contributed by atoms with Gasteiger partial charge in [-0.2, -0.15) is 0 Å². The van der Waals surface area contributed by atoms with E-state index >= 15 is 0 Å². The van der Waals surface area contributed by atoms with Crippen molar-refractivity contribution in [2.45, 2.75) is 39.8 Å². The lowest BCUT2D eigenvalue weighted by Gasteiger charge is -2.20. The zero-order chi connectivity index (χ0) is 16.2. The Balaban J connectivity index is 2.09. The van der Waals surface area contributed by atoms with Gasteiger partial charge in [-0.05, 0) is 45.4 Å². The number of carbonyl (C=O) groups is 1. The maximum absolute atomic E-state index is 12.2. The Morgan fingerprint density at radius 3 is 2.68 bits per heavy atom. The zero-order valence-corrected chi connectivity index (χ0v) is 13.3. The van der Waals surface area contributed by atoms with Crippen molar-refractivity contribution in [1.29, 1.82) is 0 Å². The van der Waals surface area contributed by atoms with Crippen LogP contribution >= 0.6 is 0 Å². The monoisotopic (exact) mass is 299 g/mol. The van der Waals surface area contributed by atoms with Crippen LogP contribution in [0.3, 0.4) is 0 Å². The molecule has 2 N–H and O–H groups in total. The van der Waals surface area contributed by atoms with Crippen LogP contribution < -0.4 is 10.6 Å². The number of hydrogen-bond donors (Lipinski definition) is 2. The summed E-state index contributed by atoms with van der Waals surface area (Å²) in [6, 6.07) is 5.42. The van der Waals surface area contributed by atoms with Crippen molar-refractivity contribution < 1.29 is 4.79 Å². The third-order valence-electron chi connectivity index (χ3n) is 2.75. The van der Waals surface area contributed by atoms with Gasteiger partial charge in [0.15, 0.2) is 0 Å². The molecule has 0 radical (unpaired) electrons. The second kappa shape index (κ2) is 6.51. The van der Waals surface area contributed by atoms with Crippen molar-refractivity contribution in [3.05, 3.63) is 47.5 Å². The number of anilines is 1. The van der Waals surface area contributed by atoms with E-state index in [0.29, 0.717) is 18.2 Å². The highest BCUT2D eigenvalue weighted by Gasteiger charge is 2.15. The molecule has 0 saturated heterocycles. The van der Waals surface area contributed by atoms with E-state index in [0.717, 1.165) is 11.3 Å². The van der Waals surface area contributed by atoms with Crippen molar-refractivity contribution in [3.63, 3.8) is 0 Å². The van der Waals surface area contributed by atoms with Gasteiger partial charge in [0.1, 0.15) is 5.69 Å². The summed E-state index contributed by atoms with van der Waals surface area (Å²) in [6.07, 6.45) is 3.42. The molecule has 2 aromatic rings. The van der Waals surface area contributed by atoms with Gasteiger partial charge in [-0.1, -0.05) is 6.07 Å². The molecule has 0 atom stereocenters. The average molecular weight is 299 g/mol. The molecule has 6 heteroatoms. The minimum atomic E-state index is -0.230. The third kappa shape index (κ3) is 4.80. The molecule has 0 saturated carbocycles. The number of amides is 1. The molecule has 0 spiro atoms. The minimum Gasteiger partial charge on any atom is -0.350 e. The van der Waals surface area contributed by atoms with Crippen LogP contribution in [0.4, 0.5) is 5.95 Å². The largest absolute Gasteiger partial charge is 0.350 e. The fourth-order valence-corrected chi connectivity index (χ4v) is 1.85. The van der Waals surface area contributed by atoms with Crippen LogP contribution in [0.2, 0.25) is 0 Å². The van der Waals surface area contributed by atoms with Gasteiger partial charge < -0.3 is 10.6 Å². The highest BCUT2D eigenvalue weighted by molar-refractivity contribution is 5.92. The molecule has 22 heavy (non-hydrogen) atoms. The summed E-state index contributed by atoms with van der Waals surface area (Å²) in [5.74, 6) is 0.227. The zero-order valence-electron chi connectivity index (χ0n) is 13.3. The van der Waals surface area contributed by atoms with E-state index < -0.39 is 0 Å². The van der Waals surface area contributed by atoms with Gasteiger partial charge >= 0.3 is 0 Å². The van der Waals surface area contributed by atoms with Crippen LogP contribution in [0.25, 0.3) is 0 Å². The van der Waals surface area contributed by atoms with Gasteiger partial charge in [0.05, 0.1) is 0 Å². The number of rotatable bonds is 4.